The Balaban J connectivity index is 1.82. The second kappa shape index (κ2) is 5.41. The van der Waals surface area contributed by atoms with Crippen molar-refractivity contribution >= 4 is 33.5 Å². The Bertz CT molecular complexity index is 741. The van der Waals surface area contributed by atoms with Gasteiger partial charge in [-0.2, -0.15) is 5.10 Å². The number of fused-ring (bicyclic) bond motifs is 2. The zero-order valence-corrected chi connectivity index (χ0v) is 15.9. The lowest BCUT2D eigenvalue weighted by atomic mass is 9.66. The smallest absolute Gasteiger partial charge is 0.313 e. The van der Waals surface area contributed by atoms with E-state index in [1.165, 1.54) is 0 Å². The van der Waals surface area contributed by atoms with E-state index in [4.69, 9.17) is 4.74 Å². The number of carbonyl (C=O) groups excluding carboxylic acids is 2. The maximum atomic E-state index is 12.8. The molecule has 24 heavy (non-hydrogen) atoms. The second-order valence-corrected chi connectivity index (χ2v) is 8.23. The molecular formula is C18H21BrN2O3. The van der Waals surface area contributed by atoms with Crippen LogP contribution >= 0.6 is 15.9 Å². The van der Waals surface area contributed by atoms with Gasteiger partial charge >= 0.3 is 5.97 Å². The highest BCUT2D eigenvalue weighted by Gasteiger charge is 2.75. The molecule has 2 fully saturated rings. The van der Waals surface area contributed by atoms with Crippen molar-refractivity contribution in [2.75, 3.05) is 0 Å². The van der Waals surface area contributed by atoms with Crippen LogP contribution in [0.2, 0.25) is 0 Å². The summed E-state index contributed by atoms with van der Waals surface area (Å²) in [5.41, 5.74) is 1.89. The van der Waals surface area contributed by atoms with Gasteiger partial charge in [0.05, 0.1) is 11.1 Å². The Morgan fingerprint density at radius 3 is 2.33 bits per heavy atom. The van der Waals surface area contributed by atoms with Crippen molar-refractivity contribution in [3.05, 3.63) is 34.3 Å². The zero-order valence-electron chi connectivity index (χ0n) is 14.3. The van der Waals surface area contributed by atoms with Crippen molar-refractivity contribution < 1.29 is 14.3 Å². The third kappa shape index (κ3) is 2.15. The standard InChI is InChI=1S/C18H21BrN2O3/c1-11(12-5-7-13(19)8-6-12)20-21-14(22)18-10-9-17(4,15(23)24-18)16(18,2)3/h5-8H,9-10H2,1-4H3,(H,21,22)/b20-11-/t17-,18+/m1/s1. The maximum absolute atomic E-state index is 12.8. The quantitative estimate of drug-likeness (QED) is 0.486. The van der Waals surface area contributed by atoms with Gasteiger partial charge in [0.1, 0.15) is 0 Å². The third-order valence-electron chi connectivity index (χ3n) is 6.04. The van der Waals surface area contributed by atoms with E-state index in [0.29, 0.717) is 18.6 Å². The van der Waals surface area contributed by atoms with Crippen molar-refractivity contribution in [3.8, 4) is 0 Å². The van der Waals surface area contributed by atoms with Crippen molar-refractivity contribution in [3.63, 3.8) is 0 Å². The van der Waals surface area contributed by atoms with Crippen molar-refractivity contribution in [1.29, 1.82) is 0 Å². The molecule has 0 spiro atoms. The van der Waals surface area contributed by atoms with Gasteiger partial charge in [0, 0.05) is 9.89 Å². The topological polar surface area (TPSA) is 67.8 Å². The molecule has 1 amide bonds. The first-order chi connectivity index (χ1) is 11.1. The maximum Gasteiger partial charge on any atom is 0.313 e. The molecule has 5 nitrogen and oxygen atoms in total. The molecule has 2 atom stereocenters. The van der Waals surface area contributed by atoms with Crippen molar-refractivity contribution in [2.24, 2.45) is 15.9 Å². The molecule has 128 valence electrons. The van der Waals surface area contributed by atoms with Crippen LogP contribution in [0.1, 0.15) is 46.1 Å². The number of hydrogen-bond acceptors (Lipinski definition) is 4. The molecule has 3 rings (SSSR count). The van der Waals surface area contributed by atoms with Gasteiger partial charge in [-0.1, -0.05) is 41.9 Å². The number of rotatable bonds is 3. The molecule has 1 aromatic rings. The van der Waals surface area contributed by atoms with Crippen LogP contribution in [0.25, 0.3) is 0 Å². The average Bonchev–Trinajstić information content (AvgIpc) is 2.83. The minimum absolute atomic E-state index is 0.289. The number of ether oxygens (including phenoxy) is 1. The minimum atomic E-state index is -1.14. The molecule has 1 saturated carbocycles. The third-order valence-corrected chi connectivity index (χ3v) is 6.57. The summed E-state index contributed by atoms with van der Waals surface area (Å²) in [6.07, 6.45) is 1.18. The molecule has 1 heterocycles. The molecule has 1 aliphatic heterocycles. The van der Waals surface area contributed by atoms with Crippen LogP contribution < -0.4 is 5.43 Å². The van der Waals surface area contributed by atoms with Crippen LogP contribution in [0.5, 0.6) is 0 Å². The fourth-order valence-corrected chi connectivity index (χ4v) is 3.99. The lowest BCUT2D eigenvalue weighted by molar-refractivity contribution is -0.168. The molecule has 2 bridgehead atoms. The summed E-state index contributed by atoms with van der Waals surface area (Å²) in [6.45, 7) is 7.56. The van der Waals surface area contributed by atoms with E-state index in [1.54, 1.807) is 0 Å². The van der Waals surface area contributed by atoms with Crippen molar-refractivity contribution in [1.82, 2.24) is 5.43 Å². The molecular weight excluding hydrogens is 372 g/mol. The lowest BCUT2D eigenvalue weighted by Gasteiger charge is -2.34. The minimum Gasteiger partial charge on any atom is -0.448 e. The number of amides is 1. The number of esters is 1. The largest absolute Gasteiger partial charge is 0.448 e. The molecule has 0 unspecified atom stereocenters. The number of hydrogen-bond donors (Lipinski definition) is 1. The van der Waals surface area contributed by atoms with Gasteiger partial charge in [-0.25, -0.2) is 5.43 Å². The van der Waals surface area contributed by atoms with Gasteiger partial charge in [0.15, 0.2) is 5.60 Å². The molecule has 1 aliphatic carbocycles. The Morgan fingerprint density at radius 2 is 1.83 bits per heavy atom. The van der Waals surface area contributed by atoms with Crippen LogP contribution in [0.4, 0.5) is 0 Å². The fourth-order valence-electron chi connectivity index (χ4n) is 3.73. The summed E-state index contributed by atoms with van der Waals surface area (Å²) >= 11 is 3.39. The van der Waals surface area contributed by atoms with Gasteiger partial charge in [-0.3, -0.25) is 9.59 Å². The number of halogens is 1. The van der Waals surface area contributed by atoms with E-state index in [0.717, 1.165) is 10.0 Å². The van der Waals surface area contributed by atoms with Crippen LogP contribution in [0.3, 0.4) is 0 Å². The highest BCUT2D eigenvalue weighted by atomic mass is 79.9. The Hall–Kier alpha value is -1.69. The van der Waals surface area contributed by atoms with Gasteiger partial charge in [-0.05, 0) is 44.4 Å². The van der Waals surface area contributed by atoms with Crippen LogP contribution in [0, 0.1) is 10.8 Å². The summed E-state index contributed by atoms with van der Waals surface area (Å²) in [6, 6.07) is 7.66. The molecule has 0 radical (unpaired) electrons. The molecule has 0 aromatic heterocycles. The van der Waals surface area contributed by atoms with E-state index < -0.39 is 16.4 Å². The Morgan fingerprint density at radius 1 is 1.21 bits per heavy atom. The summed E-state index contributed by atoms with van der Waals surface area (Å²) in [4.78, 5) is 25.0. The molecule has 1 saturated heterocycles. The normalized spacial score (nSPS) is 31.0. The highest BCUT2D eigenvalue weighted by Crippen LogP contribution is 2.65. The highest BCUT2D eigenvalue weighted by molar-refractivity contribution is 9.10. The molecule has 1 aromatic carbocycles. The van der Waals surface area contributed by atoms with E-state index >= 15 is 0 Å². The predicted molar refractivity (Wildman–Crippen MR) is 94.4 cm³/mol. The van der Waals surface area contributed by atoms with Gasteiger partial charge in [0.2, 0.25) is 0 Å². The van der Waals surface area contributed by atoms with Crippen LogP contribution in [-0.4, -0.2) is 23.2 Å². The van der Waals surface area contributed by atoms with Gasteiger partial charge in [-0.15, -0.1) is 0 Å². The molecule has 1 N–H and O–H groups in total. The Labute approximate surface area is 150 Å². The summed E-state index contributed by atoms with van der Waals surface area (Å²) in [7, 11) is 0. The average molecular weight is 393 g/mol. The van der Waals surface area contributed by atoms with Crippen molar-refractivity contribution in [2.45, 2.75) is 46.1 Å². The molecule has 2 aliphatic rings. The molecule has 6 heteroatoms. The fraction of sp³-hybridized carbons (Fsp3) is 0.500. The Kier molecular flexibility index (Phi) is 3.86. The SMILES string of the molecule is C/C(=N/NC(=O)[C@]12CC[C@](C)(C(=O)O1)C2(C)C)c1ccc(Br)cc1. The van der Waals surface area contributed by atoms with E-state index in [9.17, 15) is 9.59 Å². The monoisotopic (exact) mass is 392 g/mol. The summed E-state index contributed by atoms with van der Waals surface area (Å²) in [5.74, 6) is -0.638. The van der Waals surface area contributed by atoms with E-state index in [1.807, 2.05) is 52.0 Å². The van der Waals surface area contributed by atoms with Gasteiger partial charge < -0.3 is 4.74 Å². The summed E-state index contributed by atoms with van der Waals surface area (Å²) < 4.78 is 6.53. The summed E-state index contributed by atoms with van der Waals surface area (Å²) in [5, 5.41) is 4.20. The number of benzene rings is 1. The number of carbonyl (C=O) groups is 2. The first kappa shape index (κ1) is 17.1. The van der Waals surface area contributed by atoms with Crippen LogP contribution in [-0.2, 0) is 14.3 Å². The second-order valence-electron chi connectivity index (χ2n) is 7.32. The van der Waals surface area contributed by atoms with E-state index in [-0.39, 0.29) is 11.9 Å². The van der Waals surface area contributed by atoms with E-state index in [2.05, 4.69) is 26.5 Å². The predicted octanol–water partition coefficient (Wildman–Crippen LogP) is 3.41. The lowest BCUT2D eigenvalue weighted by Crippen LogP contribution is -2.52. The number of nitrogens with one attached hydrogen (secondary N) is 1. The van der Waals surface area contributed by atoms with Gasteiger partial charge in [0.25, 0.3) is 5.91 Å². The number of nitrogens with zero attached hydrogens (tertiary/aromatic N) is 1. The zero-order chi connectivity index (χ0) is 17.8. The van der Waals surface area contributed by atoms with Crippen LogP contribution in [0.15, 0.2) is 33.8 Å². The first-order valence-electron chi connectivity index (χ1n) is 7.98. The first-order valence-corrected chi connectivity index (χ1v) is 8.77. The number of hydrazone groups is 1.